The third-order valence-corrected chi connectivity index (χ3v) is 6.28. The Kier molecular flexibility index (Phi) is 5.63. The standard InChI is InChI=1S/C23H24N4O2S/c1-5-27-20-9-7-17(11-19(20)25-26-27)13-29-22(28)12-21-16(4)24-23(30-21)18-8-6-14(2)10-15(18)3/h6-11H,5,12-13H2,1-4H3. The van der Waals surface area contributed by atoms with E-state index in [1.807, 2.05) is 36.7 Å². The first-order chi connectivity index (χ1) is 14.4. The van der Waals surface area contributed by atoms with Crippen LogP contribution in [0.2, 0.25) is 0 Å². The number of ether oxygens (including phenoxy) is 1. The second kappa shape index (κ2) is 8.36. The maximum absolute atomic E-state index is 12.4. The molecule has 0 unspecified atom stereocenters. The third-order valence-electron chi connectivity index (χ3n) is 5.09. The second-order valence-corrected chi connectivity index (χ2v) is 8.50. The topological polar surface area (TPSA) is 69.9 Å². The number of thiazole rings is 1. The highest BCUT2D eigenvalue weighted by molar-refractivity contribution is 7.15. The average molecular weight is 421 g/mol. The summed E-state index contributed by atoms with van der Waals surface area (Å²) in [5.41, 5.74) is 7.09. The number of esters is 1. The number of aromatic nitrogens is 4. The van der Waals surface area contributed by atoms with Crippen LogP contribution in [0.5, 0.6) is 0 Å². The molecular formula is C23H24N4O2S. The Labute approximate surface area is 179 Å². The van der Waals surface area contributed by atoms with E-state index >= 15 is 0 Å². The van der Waals surface area contributed by atoms with Gasteiger partial charge in [0.05, 0.1) is 17.6 Å². The molecule has 0 spiro atoms. The minimum absolute atomic E-state index is 0.218. The van der Waals surface area contributed by atoms with Gasteiger partial charge in [0.1, 0.15) is 17.1 Å². The van der Waals surface area contributed by atoms with E-state index in [0.29, 0.717) is 0 Å². The lowest BCUT2D eigenvalue weighted by molar-refractivity contribution is -0.144. The minimum Gasteiger partial charge on any atom is -0.461 e. The van der Waals surface area contributed by atoms with E-state index in [9.17, 15) is 4.79 Å². The molecule has 0 bridgehead atoms. The lowest BCUT2D eigenvalue weighted by Gasteiger charge is -2.05. The first-order valence-electron chi connectivity index (χ1n) is 9.96. The van der Waals surface area contributed by atoms with Crippen molar-refractivity contribution < 1.29 is 9.53 Å². The van der Waals surface area contributed by atoms with Crippen LogP contribution in [-0.4, -0.2) is 25.9 Å². The zero-order chi connectivity index (χ0) is 21.3. The maximum atomic E-state index is 12.4. The summed E-state index contributed by atoms with van der Waals surface area (Å²) in [5, 5.41) is 9.22. The molecule has 0 fully saturated rings. The fraction of sp³-hybridized carbons (Fsp3) is 0.304. The molecule has 0 saturated carbocycles. The molecular weight excluding hydrogens is 396 g/mol. The predicted molar refractivity (Wildman–Crippen MR) is 118 cm³/mol. The number of hydrogen-bond acceptors (Lipinski definition) is 6. The van der Waals surface area contributed by atoms with Crippen LogP contribution in [0.15, 0.2) is 36.4 Å². The highest BCUT2D eigenvalue weighted by Gasteiger charge is 2.15. The van der Waals surface area contributed by atoms with E-state index in [1.165, 1.54) is 11.1 Å². The van der Waals surface area contributed by atoms with Gasteiger partial charge in [-0.25, -0.2) is 9.67 Å². The van der Waals surface area contributed by atoms with Crippen molar-refractivity contribution in [1.29, 1.82) is 0 Å². The SMILES string of the molecule is CCn1nnc2cc(COC(=O)Cc3sc(-c4ccc(C)cc4C)nc3C)ccc21. The Bertz CT molecular complexity index is 1230. The van der Waals surface area contributed by atoms with Crippen molar-refractivity contribution in [2.24, 2.45) is 0 Å². The van der Waals surface area contributed by atoms with Gasteiger partial charge in [-0.15, -0.1) is 16.4 Å². The molecule has 7 heteroatoms. The van der Waals surface area contributed by atoms with E-state index in [-0.39, 0.29) is 19.0 Å². The Morgan fingerprint density at radius 2 is 1.97 bits per heavy atom. The number of hydrogen-bond donors (Lipinski definition) is 0. The fourth-order valence-corrected chi connectivity index (χ4v) is 4.59. The van der Waals surface area contributed by atoms with Gasteiger partial charge in [-0.3, -0.25) is 4.79 Å². The summed E-state index contributed by atoms with van der Waals surface area (Å²) >= 11 is 1.56. The van der Waals surface area contributed by atoms with Crippen LogP contribution in [-0.2, 0) is 29.1 Å². The molecule has 2 aromatic heterocycles. The summed E-state index contributed by atoms with van der Waals surface area (Å²) in [6.45, 7) is 9.12. The zero-order valence-corrected chi connectivity index (χ0v) is 18.4. The first kappa shape index (κ1) is 20.2. The highest BCUT2D eigenvalue weighted by Crippen LogP contribution is 2.31. The van der Waals surface area contributed by atoms with Gasteiger partial charge in [0.15, 0.2) is 0 Å². The first-order valence-corrected chi connectivity index (χ1v) is 10.8. The Balaban J connectivity index is 1.42. The largest absolute Gasteiger partial charge is 0.461 e. The molecule has 0 N–H and O–H groups in total. The number of carbonyl (C=O) groups excluding carboxylic acids is 1. The van der Waals surface area contributed by atoms with Crippen LogP contribution in [0.4, 0.5) is 0 Å². The van der Waals surface area contributed by atoms with Gasteiger partial charge in [0.25, 0.3) is 0 Å². The quantitative estimate of drug-likeness (QED) is 0.420. The summed E-state index contributed by atoms with van der Waals surface area (Å²) in [5.74, 6) is -0.258. The Hall–Kier alpha value is -3.06. The molecule has 154 valence electrons. The number of carbonyl (C=O) groups is 1. The lowest BCUT2D eigenvalue weighted by atomic mass is 10.1. The van der Waals surface area contributed by atoms with Crippen molar-refractivity contribution in [3.05, 3.63) is 63.7 Å². The van der Waals surface area contributed by atoms with Crippen LogP contribution in [0.25, 0.3) is 21.6 Å². The van der Waals surface area contributed by atoms with Gasteiger partial charge in [-0.05, 0) is 51.0 Å². The third kappa shape index (κ3) is 4.11. The van der Waals surface area contributed by atoms with Crippen molar-refractivity contribution in [2.75, 3.05) is 0 Å². The molecule has 0 aliphatic carbocycles. The van der Waals surface area contributed by atoms with E-state index in [2.05, 4.69) is 47.3 Å². The van der Waals surface area contributed by atoms with Gasteiger partial charge in [0, 0.05) is 17.0 Å². The molecule has 2 aromatic carbocycles. The van der Waals surface area contributed by atoms with Gasteiger partial charge in [0.2, 0.25) is 0 Å². The van der Waals surface area contributed by atoms with Crippen LogP contribution in [0.1, 0.15) is 34.2 Å². The number of nitrogens with zero attached hydrogens (tertiary/aromatic N) is 4. The normalized spacial score (nSPS) is 11.2. The minimum atomic E-state index is -0.258. The highest BCUT2D eigenvalue weighted by atomic mass is 32.1. The second-order valence-electron chi connectivity index (χ2n) is 7.41. The molecule has 0 saturated heterocycles. The van der Waals surface area contributed by atoms with Crippen molar-refractivity contribution in [2.45, 2.75) is 47.3 Å². The molecule has 4 rings (SSSR count). The number of benzene rings is 2. The zero-order valence-electron chi connectivity index (χ0n) is 17.6. The van der Waals surface area contributed by atoms with Gasteiger partial charge in [-0.1, -0.05) is 35.0 Å². The molecule has 6 nitrogen and oxygen atoms in total. The molecule has 0 aliphatic heterocycles. The molecule has 0 atom stereocenters. The molecule has 2 heterocycles. The van der Waals surface area contributed by atoms with Crippen LogP contribution >= 0.6 is 11.3 Å². The summed E-state index contributed by atoms with van der Waals surface area (Å²) in [6, 6.07) is 12.2. The monoisotopic (exact) mass is 420 g/mol. The van der Waals surface area contributed by atoms with E-state index < -0.39 is 0 Å². The van der Waals surface area contributed by atoms with E-state index in [4.69, 9.17) is 4.74 Å². The molecule has 0 radical (unpaired) electrons. The van der Waals surface area contributed by atoms with Gasteiger partial charge in [-0.2, -0.15) is 0 Å². The fourth-order valence-electron chi connectivity index (χ4n) is 3.45. The Morgan fingerprint density at radius 3 is 2.73 bits per heavy atom. The summed E-state index contributed by atoms with van der Waals surface area (Å²) in [7, 11) is 0. The van der Waals surface area contributed by atoms with Gasteiger partial charge >= 0.3 is 5.97 Å². The van der Waals surface area contributed by atoms with Crippen LogP contribution in [0, 0.1) is 20.8 Å². The number of rotatable bonds is 6. The molecule has 0 aliphatic rings. The lowest BCUT2D eigenvalue weighted by Crippen LogP contribution is -2.07. The summed E-state index contributed by atoms with van der Waals surface area (Å²) < 4.78 is 7.35. The van der Waals surface area contributed by atoms with Crippen molar-refractivity contribution in [1.82, 2.24) is 20.0 Å². The van der Waals surface area contributed by atoms with Crippen LogP contribution in [0.3, 0.4) is 0 Å². The maximum Gasteiger partial charge on any atom is 0.311 e. The van der Waals surface area contributed by atoms with E-state index in [1.54, 1.807) is 11.3 Å². The summed E-state index contributed by atoms with van der Waals surface area (Å²) in [6.07, 6.45) is 0.225. The summed E-state index contributed by atoms with van der Waals surface area (Å²) in [4.78, 5) is 18.1. The number of aryl methyl sites for hydroxylation is 4. The molecule has 30 heavy (non-hydrogen) atoms. The Morgan fingerprint density at radius 1 is 1.13 bits per heavy atom. The molecule has 4 aromatic rings. The van der Waals surface area contributed by atoms with E-state index in [0.717, 1.165) is 44.3 Å². The number of fused-ring (bicyclic) bond motifs is 1. The predicted octanol–water partition coefficient (Wildman–Crippen LogP) is 4.79. The van der Waals surface area contributed by atoms with Crippen molar-refractivity contribution >= 4 is 28.3 Å². The molecule has 0 amide bonds. The van der Waals surface area contributed by atoms with Crippen molar-refractivity contribution in [3.63, 3.8) is 0 Å². The van der Waals surface area contributed by atoms with Crippen molar-refractivity contribution in [3.8, 4) is 10.6 Å². The smallest absolute Gasteiger partial charge is 0.311 e. The average Bonchev–Trinajstić information content (AvgIpc) is 3.29. The van der Waals surface area contributed by atoms with Crippen LogP contribution < -0.4 is 0 Å². The van der Waals surface area contributed by atoms with Gasteiger partial charge < -0.3 is 4.74 Å².